The molecule has 14 heavy (non-hydrogen) atoms. The third-order valence-electron chi connectivity index (χ3n) is 3.58. The van der Waals surface area contributed by atoms with Gasteiger partial charge in [-0.1, -0.05) is 19.3 Å². The van der Waals surface area contributed by atoms with Crippen LogP contribution in [-0.2, 0) is 9.53 Å². The molecule has 1 saturated carbocycles. The summed E-state index contributed by atoms with van der Waals surface area (Å²) in [5.41, 5.74) is -0.159. The molecule has 0 radical (unpaired) electrons. The van der Waals surface area contributed by atoms with Gasteiger partial charge in [0, 0.05) is 0 Å². The molecule has 2 fully saturated rings. The number of carboxylic acid groups (broad SMARTS) is 1. The van der Waals surface area contributed by atoms with Gasteiger partial charge in [-0.25, -0.2) is 4.79 Å². The van der Waals surface area contributed by atoms with Crippen LogP contribution in [0.5, 0.6) is 0 Å². The Balaban J connectivity index is 1.87. The van der Waals surface area contributed by atoms with Crippen molar-refractivity contribution >= 4 is 5.97 Å². The van der Waals surface area contributed by atoms with Crippen LogP contribution in [0.25, 0.3) is 0 Å². The fourth-order valence-electron chi connectivity index (χ4n) is 2.53. The lowest BCUT2D eigenvalue weighted by Gasteiger charge is -2.33. The number of ether oxygens (including phenoxy) is 1. The molecule has 2 rings (SSSR count). The Hall–Kier alpha value is -0.570. The Labute approximate surface area is 84.4 Å². The van der Waals surface area contributed by atoms with E-state index >= 15 is 0 Å². The summed E-state index contributed by atoms with van der Waals surface area (Å²) in [5, 5.41) is 8.83. The molecule has 80 valence electrons. The first-order valence-corrected chi connectivity index (χ1v) is 5.50. The minimum Gasteiger partial charge on any atom is -0.479 e. The Morgan fingerprint density at radius 2 is 2.21 bits per heavy atom. The van der Waals surface area contributed by atoms with Crippen LogP contribution in [0.1, 0.15) is 45.4 Å². The van der Waals surface area contributed by atoms with Crippen LogP contribution in [0.15, 0.2) is 0 Å². The van der Waals surface area contributed by atoms with E-state index in [2.05, 4.69) is 6.92 Å². The van der Waals surface area contributed by atoms with Crippen molar-refractivity contribution < 1.29 is 14.6 Å². The third kappa shape index (κ3) is 1.92. The first kappa shape index (κ1) is 9.97. The fraction of sp³-hybridized carbons (Fsp3) is 0.909. The SMILES string of the molecule is CC1(CC2CCC2)CCC(C(=O)O)O1. The number of aliphatic carboxylic acids is 1. The molecule has 1 aliphatic heterocycles. The van der Waals surface area contributed by atoms with Crippen LogP contribution in [0.2, 0.25) is 0 Å². The minimum absolute atomic E-state index is 0.159. The molecule has 2 atom stereocenters. The molecule has 3 heteroatoms. The van der Waals surface area contributed by atoms with Crippen LogP contribution >= 0.6 is 0 Å². The van der Waals surface area contributed by atoms with E-state index in [-0.39, 0.29) is 5.60 Å². The predicted octanol–water partition coefficient (Wildman–Crippen LogP) is 2.20. The van der Waals surface area contributed by atoms with Gasteiger partial charge in [0.25, 0.3) is 0 Å². The highest BCUT2D eigenvalue weighted by atomic mass is 16.5. The molecule has 0 aromatic carbocycles. The summed E-state index contributed by atoms with van der Waals surface area (Å²) in [7, 11) is 0. The van der Waals surface area contributed by atoms with Gasteiger partial charge in [0.1, 0.15) is 0 Å². The number of hydrogen-bond acceptors (Lipinski definition) is 2. The molecular formula is C11H18O3. The van der Waals surface area contributed by atoms with Crippen molar-refractivity contribution in [3.05, 3.63) is 0 Å². The van der Waals surface area contributed by atoms with Gasteiger partial charge in [-0.3, -0.25) is 0 Å². The molecule has 0 spiro atoms. The largest absolute Gasteiger partial charge is 0.479 e. The molecule has 0 aromatic rings. The Morgan fingerprint density at radius 1 is 1.50 bits per heavy atom. The number of carboxylic acids is 1. The van der Waals surface area contributed by atoms with Gasteiger partial charge < -0.3 is 9.84 Å². The summed E-state index contributed by atoms with van der Waals surface area (Å²) in [6, 6.07) is 0. The van der Waals surface area contributed by atoms with E-state index in [1.807, 2.05) is 0 Å². The zero-order valence-electron chi connectivity index (χ0n) is 8.66. The summed E-state index contributed by atoms with van der Waals surface area (Å²) in [6.07, 6.45) is 6.02. The molecule has 1 aliphatic carbocycles. The normalized spacial score (nSPS) is 38.2. The Kier molecular flexibility index (Phi) is 2.52. The molecule has 1 saturated heterocycles. The first-order chi connectivity index (χ1) is 6.59. The van der Waals surface area contributed by atoms with E-state index < -0.39 is 12.1 Å². The second kappa shape index (κ2) is 3.54. The highest BCUT2D eigenvalue weighted by Gasteiger charge is 2.41. The van der Waals surface area contributed by atoms with Gasteiger partial charge in [-0.2, -0.15) is 0 Å². The van der Waals surface area contributed by atoms with Gasteiger partial charge in [0.2, 0.25) is 0 Å². The monoisotopic (exact) mass is 198 g/mol. The molecular weight excluding hydrogens is 180 g/mol. The van der Waals surface area contributed by atoms with E-state index in [1.54, 1.807) is 0 Å². The van der Waals surface area contributed by atoms with Crippen LogP contribution in [0.3, 0.4) is 0 Å². The lowest BCUT2D eigenvalue weighted by Crippen LogP contribution is -2.32. The van der Waals surface area contributed by atoms with Crippen LogP contribution in [-0.4, -0.2) is 22.8 Å². The second-order valence-electron chi connectivity index (χ2n) is 4.93. The maximum atomic E-state index is 10.7. The molecule has 0 amide bonds. The Bertz CT molecular complexity index is 235. The topological polar surface area (TPSA) is 46.5 Å². The van der Waals surface area contributed by atoms with Crippen molar-refractivity contribution in [2.45, 2.75) is 57.2 Å². The number of rotatable bonds is 3. The fourth-order valence-corrected chi connectivity index (χ4v) is 2.53. The number of carbonyl (C=O) groups is 1. The van der Waals surface area contributed by atoms with E-state index in [0.717, 1.165) is 18.8 Å². The van der Waals surface area contributed by atoms with Crippen molar-refractivity contribution in [2.75, 3.05) is 0 Å². The van der Waals surface area contributed by atoms with Crippen molar-refractivity contribution in [3.8, 4) is 0 Å². The molecule has 3 nitrogen and oxygen atoms in total. The molecule has 2 unspecified atom stereocenters. The van der Waals surface area contributed by atoms with Crippen molar-refractivity contribution in [2.24, 2.45) is 5.92 Å². The molecule has 2 aliphatic rings. The van der Waals surface area contributed by atoms with Crippen molar-refractivity contribution in [1.29, 1.82) is 0 Å². The zero-order chi connectivity index (χ0) is 10.2. The van der Waals surface area contributed by atoms with Gasteiger partial charge in [-0.05, 0) is 32.1 Å². The van der Waals surface area contributed by atoms with Gasteiger partial charge in [0.05, 0.1) is 5.60 Å². The van der Waals surface area contributed by atoms with Crippen LogP contribution in [0.4, 0.5) is 0 Å². The minimum atomic E-state index is -0.803. The first-order valence-electron chi connectivity index (χ1n) is 5.50. The van der Waals surface area contributed by atoms with Gasteiger partial charge >= 0.3 is 5.97 Å². The molecule has 1 N–H and O–H groups in total. The van der Waals surface area contributed by atoms with Crippen LogP contribution in [0, 0.1) is 5.92 Å². The zero-order valence-corrected chi connectivity index (χ0v) is 8.66. The van der Waals surface area contributed by atoms with Crippen molar-refractivity contribution in [1.82, 2.24) is 0 Å². The third-order valence-corrected chi connectivity index (χ3v) is 3.58. The average Bonchev–Trinajstić information content (AvgIpc) is 2.42. The van der Waals surface area contributed by atoms with E-state index in [4.69, 9.17) is 9.84 Å². The highest BCUT2D eigenvalue weighted by molar-refractivity contribution is 5.72. The summed E-state index contributed by atoms with van der Waals surface area (Å²) < 4.78 is 5.62. The summed E-state index contributed by atoms with van der Waals surface area (Å²) in [6.45, 7) is 2.06. The van der Waals surface area contributed by atoms with Gasteiger partial charge in [0.15, 0.2) is 6.10 Å². The van der Waals surface area contributed by atoms with Crippen molar-refractivity contribution in [3.63, 3.8) is 0 Å². The maximum absolute atomic E-state index is 10.7. The van der Waals surface area contributed by atoms with E-state index in [1.165, 1.54) is 19.3 Å². The summed E-state index contributed by atoms with van der Waals surface area (Å²) >= 11 is 0. The van der Waals surface area contributed by atoms with E-state index in [9.17, 15) is 4.79 Å². The maximum Gasteiger partial charge on any atom is 0.332 e. The Morgan fingerprint density at radius 3 is 2.64 bits per heavy atom. The summed E-state index contributed by atoms with van der Waals surface area (Å²) in [4.78, 5) is 10.7. The highest BCUT2D eigenvalue weighted by Crippen LogP contribution is 2.41. The number of hydrogen-bond donors (Lipinski definition) is 1. The lowest BCUT2D eigenvalue weighted by atomic mass is 9.77. The quantitative estimate of drug-likeness (QED) is 0.756. The smallest absolute Gasteiger partial charge is 0.332 e. The molecule has 1 heterocycles. The standard InChI is InChI=1S/C11H18O3/c1-11(7-8-3-2-4-8)6-5-9(14-11)10(12)13/h8-9H,2-7H2,1H3,(H,12,13). The van der Waals surface area contributed by atoms with Crippen LogP contribution < -0.4 is 0 Å². The lowest BCUT2D eigenvalue weighted by molar-refractivity contribution is -0.154. The molecule has 0 bridgehead atoms. The second-order valence-corrected chi connectivity index (χ2v) is 4.93. The van der Waals surface area contributed by atoms with E-state index in [0.29, 0.717) is 6.42 Å². The predicted molar refractivity (Wildman–Crippen MR) is 52.1 cm³/mol. The molecule has 0 aromatic heterocycles. The average molecular weight is 198 g/mol. The van der Waals surface area contributed by atoms with Gasteiger partial charge in [-0.15, -0.1) is 0 Å². The summed E-state index contributed by atoms with van der Waals surface area (Å²) in [5.74, 6) is -0.0186.